The molecular formula is C19H29N3O2. The summed E-state index contributed by atoms with van der Waals surface area (Å²) in [7, 11) is 0. The van der Waals surface area contributed by atoms with Crippen LogP contribution in [0.25, 0.3) is 0 Å². The summed E-state index contributed by atoms with van der Waals surface area (Å²) in [5.74, 6) is 0.682. The average molecular weight is 331 g/mol. The van der Waals surface area contributed by atoms with E-state index in [2.05, 4.69) is 29.3 Å². The highest BCUT2D eigenvalue weighted by molar-refractivity contribution is 5.74. The number of carbonyl (C=O) groups excluding carboxylic acids is 1. The Kier molecular flexibility index (Phi) is 6.10. The van der Waals surface area contributed by atoms with Gasteiger partial charge in [-0.3, -0.25) is 4.90 Å². The Balaban J connectivity index is 1.52. The molecule has 5 heteroatoms. The van der Waals surface area contributed by atoms with E-state index < -0.39 is 0 Å². The Bertz CT molecular complexity index is 513. The van der Waals surface area contributed by atoms with Crippen molar-refractivity contribution in [3.05, 3.63) is 35.9 Å². The highest BCUT2D eigenvalue weighted by Gasteiger charge is 2.30. The van der Waals surface area contributed by atoms with Gasteiger partial charge in [0, 0.05) is 32.7 Å². The van der Waals surface area contributed by atoms with E-state index in [1.165, 1.54) is 18.4 Å². The van der Waals surface area contributed by atoms with Gasteiger partial charge in [-0.15, -0.1) is 0 Å². The Labute approximate surface area is 145 Å². The number of ether oxygens (including phenoxy) is 1. The zero-order valence-electron chi connectivity index (χ0n) is 14.6. The summed E-state index contributed by atoms with van der Waals surface area (Å²) in [6.45, 7) is 8.09. The molecule has 1 heterocycles. The molecule has 0 spiro atoms. The van der Waals surface area contributed by atoms with Crippen molar-refractivity contribution in [1.82, 2.24) is 15.1 Å². The van der Waals surface area contributed by atoms with Crippen molar-refractivity contribution in [3.63, 3.8) is 0 Å². The summed E-state index contributed by atoms with van der Waals surface area (Å²) < 4.78 is 5.36. The lowest BCUT2D eigenvalue weighted by Gasteiger charge is -2.31. The predicted molar refractivity (Wildman–Crippen MR) is 94.9 cm³/mol. The minimum Gasteiger partial charge on any atom is -0.379 e. The van der Waals surface area contributed by atoms with Gasteiger partial charge in [0.1, 0.15) is 0 Å². The van der Waals surface area contributed by atoms with Crippen LogP contribution in [0.15, 0.2) is 30.3 Å². The number of nitrogens with one attached hydrogen (secondary N) is 1. The number of urea groups is 1. The fourth-order valence-corrected chi connectivity index (χ4v) is 3.15. The Hall–Kier alpha value is -1.59. The zero-order valence-corrected chi connectivity index (χ0v) is 14.6. The highest BCUT2D eigenvalue weighted by Crippen LogP contribution is 2.32. The monoisotopic (exact) mass is 331 g/mol. The average Bonchev–Trinajstić information content (AvgIpc) is 3.45. The molecule has 1 saturated carbocycles. The van der Waals surface area contributed by atoms with Gasteiger partial charge in [-0.1, -0.05) is 30.3 Å². The molecule has 0 bridgehead atoms. The van der Waals surface area contributed by atoms with Crippen molar-refractivity contribution in [2.75, 3.05) is 45.9 Å². The number of nitrogens with zero attached hydrogens (tertiary/aromatic N) is 2. The van der Waals surface area contributed by atoms with Crippen LogP contribution in [-0.2, 0) is 4.74 Å². The maximum atomic E-state index is 12.7. The van der Waals surface area contributed by atoms with Crippen LogP contribution in [0.4, 0.5) is 4.79 Å². The SMILES string of the molecule is CC(c1ccccc1)N(CC1CC1)C(=O)NCCN1CCOCC1. The summed E-state index contributed by atoms with van der Waals surface area (Å²) in [6.07, 6.45) is 2.50. The van der Waals surface area contributed by atoms with Crippen molar-refractivity contribution >= 4 is 6.03 Å². The van der Waals surface area contributed by atoms with Gasteiger partial charge in [-0.25, -0.2) is 4.79 Å². The van der Waals surface area contributed by atoms with Gasteiger partial charge in [-0.2, -0.15) is 0 Å². The van der Waals surface area contributed by atoms with Gasteiger partial charge in [0.25, 0.3) is 0 Å². The predicted octanol–water partition coefficient (Wildman–Crippen LogP) is 2.50. The fraction of sp³-hybridized carbons (Fsp3) is 0.632. The molecule has 1 aliphatic carbocycles. The second-order valence-electron chi connectivity index (χ2n) is 6.87. The van der Waals surface area contributed by atoms with Crippen molar-refractivity contribution in [2.45, 2.75) is 25.8 Å². The number of hydrogen-bond donors (Lipinski definition) is 1. The van der Waals surface area contributed by atoms with Gasteiger partial charge in [0.2, 0.25) is 0 Å². The molecule has 1 N–H and O–H groups in total. The molecule has 1 aromatic carbocycles. The molecule has 1 aromatic rings. The first-order chi connectivity index (χ1) is 11.7. The largest absolute Gasteiger partial charge is 0.379 e. The topological polar surface area (TPSA) is 44.8 Å². The van der Waals surface area contributed by atoms with Crippen LogP contribution in [-0.4, -0.2) is 61.8 Å². The molecule has 3 rings (SSSR count). The van der Waals surface area contributed by atoms with E-state index >= 15 is 0 Å². The molecule has 2 amide bonds. The van der Waals surface area contributed by atoms with E-state index in [1.807, 2.05) is 23.1 Å². The molecule has 24 heavy (non-hydrogen) atoms. The summed E-state index contributed by atoms with van der Waals surface area (Å²) in [6, 6.07) is 10.5. The van der Waals surface area contributed by atoms with E-state index in [-0.39, 0.29) is 12.1 Å². The smallest absolute Gasteiger partial charge is 0.317 e. The minimum atomic E-state index is 0.0616. The van der Waals surface area contributed by atoms with E-state index in [0.29, 0.717) is 12.5 Å². The number of benzene rings is 1. The van der Waals surface area contributed by atoms with E-state index in [0.717, 1.165) is 39.4 Å². The van der Waals surface area contributed by atoms with Gasteiger partial charge in [-0.05, 0) is 31.2 Å². The Morgan fingerprint density at radius 2 is 2.00 bits per heavy atom. The molecule has 0 radical (unpaired) electrons. The summed E-state index contributed by atoms with van der Waals surface area (Å²) >= 11 is 0. The molecule has 1 unspecified atom stereocenters. The zero-order chi connectivity index (χ0) is 16.8. The number of morpholine rings is 1. The van der Waals surface area contributed by atoms with Crippen LogP contribution in [0.5, 0.6) is 0 Å². The van der Waals surface area contributed by atoms with Gasteiger partial charge in [0.05, 0.1) is 19.3 Å². The maximum Gasteiger partial charge on any atom is 0.317 e. The summed E-state index contributed by atoms with van der Waals surface area (Å²) in [5.41, 5.74) is 1.20. The minimum absolute atomic E-state index is 0.0616. The molecule has 1 saturated heterocycles. The van der Waals surface area contributed by atoms with E-state index in [4.69, 9.17) is 4.74 Å². The van der Waals surface area contributed by atoms with Gasteiger partial charge >= 0.3 is 6.03 Å². The molecule has 2 fully saturated rings. The third kappa shape index (κ3) is 4.95. The van der Waals surface area contributed by atoms with Gasteiger partial charge < -0.3 is 15.0 Å². The van der Waals surface area contributed by atoms with Crippen LogP contribution in [0.2, 0.25) is 0 Å². The normalized spacial score (nSPS) is 19.7. The summed E-state index contributed by atoms with van der Waals surface area (Å²) in [5, 5.41) is 3.12. The van der Waals surface area contributed by atoms with Crippen molar-refractivity contribution < 1.29 is 9.53 Å². The van der Waals surface area contributed by atoms with Crippen LogP contribution < -0.4 is 5.32 Å². The third-order valence-electron chi connectivity index (χ3n) is 4.97. The van der Waals surface area contributed by atoms with Crippen LogP contribution in [0.1, 0.15) is 31.4 Å². The second kappa shape index (κ2) is 8.49. The lowest BCUT2D eigenvalue weighted by atomic mass is 10.1. The molecule has 1 aliphatic heterocycles. The number of amides is 2. The molecule has 5 nitrogen and oxygen atoms in total. The van der Waals surface area contributed by atoms with Gasteiger partial charge in [0.15, 0.2) is 0 Å². The third-order valence-corrected chi connectivity index (χ3v) is 4.97. The maximum absolute atomic E-state index is 12.7. The van der Waals surface area contributed by atoms with Crippen molar-refractivity contribution in [1.29, 1.82) is 0 Å². The lowest BCUT2D eigenvalue weighted by molar-refractivity contribution is 0.0385. The van der Waals surface area contributed by atoms with Crippen molar-refractivity contribution in [3.8, 4) is 0 Å². The molecule has 0 aromatic heterocycles. The first-order valence-electron chi connectivity index (χ1n) is 9.13. The van der Waals surface area contributed by atoms with Crippen LogP contribution >= 0.6 is 0 Å². The standard InChI is InChI=1S/C19H29N3O2/c1-16(18-5-3-2-4-6-18)22(15-17-7-8-17)19(23)20-9-10-21-11-13-24-14-12-21/h2-6,16-17H,7-15H2,1H3,(H,20,23). The van der Waals surface area contributed by atoms with Crippen molar-refractivity contribution in [2.24, 2.45) is 5.92 Å². The first kappa shape index (κ1) is 17.2. The molecule has 1 atom stereocenters. The molecule has 2 aliphatic rings. The number of hydrogen-bond acceptors (Lipinski definition) is 3. The Morgan fingerprint density at radius 1 is 1.29 bits per heavy atom. The first-order valence-corrected chi connectivity index (χ1v) is 9.13. The van der Waals surface area contributed by atoms with Crippen LogP contribution in [0, 0.1) is 5.92 Å². The molecule has 132 valence electrons. The Morgan fingerprint density at radius 3 is 2.67 bits per heavy atom. The fourth-order valence-electron chi connectivity index (χ4n) is 3.15. The van der Waals surface area contributed by atoms with E-state index in [1.54, 1.807) is 0 Å². The number of rotatable bonds is 7. The van der Waals surface area contributed by atoms with E-state index in [9.17, 15) is 4.79 Å². The second-order valence-corrected chi connectivity index (χ2v) is 6.87. The lowest BCUT2D eigenvalue weighted by Crippen LogP contribution is -2.46. The highest BCUT2D eigenvalue weighted by atomic mass is 16.5. The molecular weight excluding hydrogens is 302 g/mol. The van der Waals surface area contributed by atoms with Crippen LogP contribution in [0.3, 0.4) is 0 Å². The quantitative estimate of drug-likeness (QED) is 0.835. The summed E-state index contributed by atoms with van der Waals surface area (Å²) in [4.78, 5) is 17.1. The number of carbonyl (C=O) groups is 1.